The lowest BCUT2D eigenvalue weighted by Gasteiger charge is -2.11. The number of benzene rings is 2. The minimum absolute atomic E-state index is 0.589. The quantitative estimate of drug-likeness (QED) is 0.724. The third kappa shape index (κ3) is 2.95. The molecular weight excluding hydrogens is 288 g/mol. The average molecular weight is 301 g/mol. The highest BCUT2D eigenvalue weighted by atomic mass is 35.5. The molecular formula is C14H13ClN6. The van der Waals surface area contributed by atoms with Gasteiger partial charge in [-0.3, -0.25) is 0 Å². The number of nitrogen functional groups attached to an aromatic ring is 1. The summed E-state index contributed by atoms with van der Waals surface area (Å²) in [6, 6.07) is 13.2. The van der Waals surface area contributed by atoms with Crippen LogP contribution in [-0.2, 0) is 6.54 Å². The predicted octanol–water partition coefficient (Wildman–Crippen LogP) is 2.51. The average Bonchev–Trinajstić information content (AvgIpc) is 3.02. The molecule has 3 aromatic rings. The van der Waals surface area contributed by atoms with Crippen molar-refractivity contribution in [1.82, 2.24) is 20.2 Å². The number of anilines is 2. The fraction of sp³-hybridized carbons (Fsp3) is 0.0714. The van der Waals surface area contributed by atoms with Crippen LogP contribution in [-0.4, -0.2) is 20.2 Å². The Balaban J connectivity index is 1.82. The number of rotatable bonds is 4. The van der Waals surface area contributed by atoms with Gasteiger partial charge in [-0.15, -0.1) is 5.10 Å². The monoisotopic (exact) mass is 300 g/mol. The van der Waals surface area contributed by atoms with Gasteiger partial charge in [0, 0.05) is 12.2 Å². The van der Waals surface area contributed by atoms with Crippen LogP contribution in [0.15, 0.2) is 48.8 Å². The van der Waals surface area contributed by atoms with E-state index < -0.39 is 0 Å². The minimum atomic E-state index is 0.589. The molecule has 0 unspecified atom stereocenters. The smallest absolute Gasteiger partial charge is 0.143 e. The first-order valence-corrected chi connectivity index (χ1v) is 6.72. The second-order valence-electron chi connectivity index (χ2n) is 4.47. The lowest BCUT2D eigenvalue weighted by atomic mass is 10.2. The van der Waals surface area contributed by atoms with Crippen LogP contribution >= 0.6 is 11.6 Å². The van der Waals surface area contributed by atoms with Gasteiger partial charge < -0.3 is 11.1 Å². The normalized spacial score (nSPS) is 10.5. The van der Waals surface area contributed by atoms with Crippen LogP contribution in [0.1, 0.15) is 5.56 Å². The van der Waals surface area contributed by atoms with Crippen LogP contribution in [0.4, 0.5) is 11.4 Å². The highest BCUT2D eigenvalue weighted by Gasteiger charge is 2.05. The van der Waals surface area contributed by atoms with Crippen molar-refractivity contribution in [1.29, 1.82) is 0 Å². The number of hydrogen-bond donors (Lipinski definition) is 2. The first-order valence-electron chi connectivity index (χ1n) is 6.34. The van der Waals surface area contributed by atoms with E-state index in [0.717, 1.165) is 22.6 Å². The Labute approximate surface area is 126 Å². The molecule has 0 aliphatic heterocycles. The molecule has 0 saturated carbocycles. The number of nitrogens with one attached hydrogen (secondary N) is 1. The van der Waals surface area contributed by atoms with E-state index in [-0.39, 0.29) is 0 Å². The summed E-state index contributed by atoms with van der Waals surface area (Å²) in [5.74, 6) is 0. The highest BCUT2D eigenvalue weighted by molar-refractivity contribution is 6.33. The maximum atomic E-state index is 6.21. The van der Waals surface area contributed by atoms with E-state index in [0.29, 0.717) is 11.6 Å². The molecule has 1 aromatic heterocycles. The molecule has 2 aromatic carbocycles. The number of para-hydroxylation sites is 1. The summed E-state index contributed by atoms with van der Waals surface area (Å²) >= 11 is 6.21. The third-order valence-corrected chi connectivity index (χ3v) is 3.42. The molecule has 6 nitrogen and oxygen atoms in total. The summed E-state index contributed by atoms with van der Waals surface area (Å²) < 4.78 is 1.57. The van der Waals surface area contributed by atoms with Crippen LogP contribution < -0.4 is 11.1 Å². The van der Waals surface area contributed by atoms with Crippen molar-refractivity contribution >= 4 is 23.0 Å². The van der Waals surface area contributed by atoms with Crippen molar-refractivity contribution in [3.05, 3.63) is 59.4 Å². The van der Waals surface area contributed by atoms with Gasteiger partial charge in [0.2, 0.25) is 0 Å². The molecule has 0 radical (unpaired) electrons. The molecule has 21 heavy (non-hydrogen) atoms. The number of halogens is 1. The van der Waals surface area contributed by atoms with Gasteiger partial charge in [-0.25, -0.2) is 4.68 Å². The summed E-state index contributed by atoms with van der Waals surface area (Å²) in [7, 11) is 0. The SMILES string of the molecule is Nc1ccccc1CNc1cc(-n2cnnn2)ccc1Cl. The van der Waals surface area contributed by atoms with Gasteiger partial charge in [0.15, 0.2) is 0 Å². The second-order valence-corrected chi connectivity index (χ2v) is 4.88. The van der Waals surface area contributed by atoms with Crippen molar-refractivity contribution in [3.63, 3.8) is 0 Å². The van der Waals surface area contributed by atoms with Crippen LogP contribution in [0.2, 0.25) is 5.02 Å². The van der Waals surface area contributed by atoms with Crippen LogP contribution in [0.3, 0.4) is 0 Å². The van der Waals surface area contributed by atoms with Gasteiger partial charge in [0.25, 0.3) is 0 Å². The largest absolute Gasteiger partial charge is 0.398 e. The number of tetrazole rings is 1. The number of aromatic nitrogens is 4. The standard InChI is InChI=1S/C14H13ClN6/c15-12-6-5-11(21-9-18-19-20-21)7-14(12)17-8-10-3-1-2-4-13(10)16/h1-7,9,17H,8,16H2. The first kappa shape index (κ1) is 13.4. The van der Waals surface area contributed by atoms with Crippen LogP contribution in [0, 0.1) is 0 Å². The Morgan fingerprint density at radius 2 is 2.05 bits per heavy atom. The van der Waals surface area contributed by atoms with E-state index >= 15 is 0 Å². The zero-order valence-electron chi connectivity index (χ0n) is 11.1. The molecule has 3 N–H and O–H groups in total. The Bertz CT molecular complexity index is 741. The van der Waals surface area contributed by atoms with Crippen molar-refractivity contribution in [2.75, 3.05) is 11.1 Å². The maximum Gasteiger partial charge on any atom is 0.143 e. The molecule has 0 bridgehead atoms. The Morgan fingerprint density at radius 1 is 1.19 bits per heavy atom. The number of hydrogen-bond acceptors (Lipinski definition) is 5. The predicted molar refractivity (Wildman–Crippen MR) is 82.3 cm³/mol. The van der Waals surface area contributed by atoms with E-state index in [1.165, 1.54) is 6.33 Å². The molecule has 0 spiro atoms. The summed E-state index contributed by atoms with van der Waals surface area (Å²) in [6.45, 7) is 0.589. The topological polar surface area (TPSA) is 81.6 Å². The zero-order chi connectivity index (χ0) is 14.7. The Kier molecular flexibility index (Phi) is 3.70. The van der Waals surface area contributed by atoms with Crippen molar-refractivity contribution in [2.45, 2.75) is 6.54 Å². The third-order valence-electron chi connectivity index (χ3n) is 3.09. The molecule has 0 saturated heterocycles. The minimum Gasteiger partial charge on any atom is -0.398 e. The molecule has 0 aliphatic rings. The van der Waals surface area contributed by atoms with Crippen LogP contribution in [0.5, 0.6) is 0 Å². The van der Waals surface area contributed by atoms with Gasteiger partial charge in [0.1, 0.15) is 6.33 Å². The van der Waals surface area contributed by atoms with Gasteiger partial charge in [-0.1, -0.05) is 29.8 Å². The molecule has 7 heteroatoms. The maximum absolute atomic E-state index is 6.21. The summed E-state index contributed by atoms with van der Waals surface area (Å²) in [4.78, 5) is 0. The lowest BCUT2D eigenvalue weighted by Crippen LogP contribution is -2.04. The molecule has 0 fully saturated rings. The van der Waals surface area contributed by atoms with Gasteiger partial charge >= 0.3 is 0 Å². The fourth-order valence-corrected chi connectivity index (χ4v) is 2.14. The van der Waals surface area contributed by atoms with Gasteiger partial charge in [-0.05, 0) is 40.3 Å². The number of nitrogens with two attached hydrogens (primary N) is 1. The number of nitrogens with zero attached hydrogens (tertiary/aromatic N) is 4. The van der Waals surface area contributed by atoms with Crippen molar-refractivity contribution in [3.8, 4) is 5.69 Å². The molecule has 0 amide bonds. The molecule has 106 valence electrons. The summed E-state index contributed by atoms with van der Waals surface area (Å²) in [6.07, 6.45) is 1.53. The first-order chi connectivity index (χ1) is 10.2. The zero-order valence-corrected chi connectivity index (χ0v) is 11.8. The van der Waals surface area contributed by atoms with Gasteiger partial charge in [0.05, 0.1) is 16.4 Å². The highest BCUT2D eigenvalue weighted by Crippen LogP contribution is 2.25. The molecule has 1 heterocycles. The second kappa shape index (κ2) is 5.80. The molecule has 0 aliphatic carbocycles. The lowest BCUT2D eigenvalue weighted by molar-refractivity contribution is 0.789. The van der Waals surface area contributed by atoms with Crippen molar-refractivity contribution in [2.24, 2.45) is 0 Å². The van der Waals surface area contributed by atoms with Gasteiger partial charge in [-0.2, -0.15) is 0 Å². The Morgan fingerprint density at radius 3 is 2.81 bits per heavy atom. The molecule has 0 atom stereocenters. The van der Waals surface area contributed by atoms with E-state index in [9.17, 15) is 0 Å². The summed E-state index contributed by atoms with van der Waals surface area (Å²) in [5.41, 5.74) is 9.32. The fourth-order valence-electron chi connectivity index (χ4n) is 1.96. The van der Waals surface area contributed by atoms with E-state index in [2.05, 4.69) is 20.8 Å². The Hall–Kier alpha value is -2.60. The van der Waals surface area contributed by atoms with Crippen LogP contribution in [0.25, 0.3) is 5.69 Å². The van der Waals surface area contributed by atoms with Crippen molar-refractivity contribution < 1.29 is 0 Å². The van der Waals surface area contributed by atoms with E-state index in [1.54, 1.807) is 10.7 Å². The molecule has 3 rings (SSSR count). The van der Waals surface area contributed by atoms with E-state index in [4.69, 9.17) is 17.3 Å². The van der Waals surface area contributed by atoms with E-state index in [1.807, 2.05) is 36.4 Å². The summed E-state index contributed by atoms with van der Waals surface area (Å²) in [5, 5.41) is 15.0.